The summed E-state index contributed by atoms with van der Waals surface area (Å²) in [5.74, 6) is 0.627. The summed E-state index contributed by atoms with van der Waals surface area (Å²) in [5.41, 5.74) is 5.78. The maximum atomic E-state index is 5.43. The van der Waals surface area contributed by atoms with Gasteiger partial charge >= 0.3 is 0 Å². The van der Waals surface area contributed by atoms with Gasteiger partial charge in [0, 0.05) is 26.5 Å². The number of rotatable bonds is 4. The third-order valence-electron chi connectivity index (χ3n) is 0.848. The van der Waals surface area contributed by atoms with E-state index in [1.54, 1.807) is 5.12 Å². The number of nitrogens with one attached hydrogen (secondary N) is 2. The SMILES string of the molecule is CNN(CCCl)NC.Cl. The third kappa shape index (κ3) is 6.34. The Balaban J connectivity index is 0. The second-order valence-corrected chi connectivity index (χ2v) is 1.67. The summed E-state index contributed by atoms with van der Waals surface area (Å²) in [6, 6.07) is 0. The lowest BCUT2D eigenvalue weighted by atomic mass is 10.8. The Bertz CT molecular complexity index is 49.1. The van der Waals surface area contributed by atoms with Gasteiger partial charge in [-0.3, -0.25) is 0 Å². The van der Waals surface area contributed by atoms with Crippen LogP contribution in [0, 0.1) is 0 Å². The zero-order valence-corrected chi connectivity index (χ0v) is 7.22. The minimum atomic E-state index is 0. The summed E-state index contributed by atoms with van der Waals surface area (Å²) in [5, 5.41) is 1.80. The summed E-state index contributed by atoms with van der Waals surface area (Å²) >= 11 is 5.43. The van der Waals surface area contributed by atoms with Crippen LogP contribution in [-0.4, -0.2) is 31.6 Å². The van der Waals surface area contributed by atoms with Gasteiger partial charge in [0.05, 0.1) is 0 Å². The highest BCUT2D eigenvalue weighted by Crippen LogP contribution is 1.75. The van der Waals surface area contributed by atoms with E-state index in [4.69, 9.17) is 11.6 Å². The van der Waals surface area contributed by atoms with Crippen molar-refractivity contribution in [2.45, 2.75) is 0 Å². The van der Waals surface area contributed by atoms with Crippen LogP contribution in [0.25, 0.3) is 0 Å². The van der Waals surface area contributed by atoms with Crippen LogP contribution in [0.4, 0.5) is 0 Å². The fourth-order valence-electron chi connectivity index (χ4n) is 0.420. The Labute approximate surface area is 67.1 Å². The van der Waals surface area contributed by atoms with Crippen LogP contribution in [0.5, 0.6) is 0 Å². The van der Waals surface area contributed by atoms with Crippen LogP contribution in [0.1, 0.15) is 0 Å². The van der Waals surface area contributed by atoms with E-state index in [0.29, 0.717) is 5.88 Å². The second kappa shape index (κ2) is 8.46. The van der Waals surface area contributed by atoms with Crippen molar-refractivity contribution < 1.29 is 0 Å². The summed E-state index contributed by atoms with van der Waals surface area (Å²) in [6.45, 7) is 0.800. The zero-order chi connectivity index (χ0) is 6.41. The van der Waals surface area contributed by atoms with E-state index >= 15 is 0 Å². The average Bonchev–Trinajstić information content (AvgIpc) is 1.83. The van der Waals surface area contributed by atoms with E-state index < -0.39 is 0 Å². The molecule has 0 fully saturated rings. The molecule has 58 valence electrons. The third-order valence-corrected chi connectivity index (χ3v) is 1.02. The van der Waals surface area contributed by atoms with Gasteiger partial charge in [-0.15, -0.1) is 24.0 Å². The van der Waals surface area contributed by atoms with Crippen molar-refractivity contribution >= 4 is 24.0 Å². The molecule has 2 N–H and O–H groups in total. The highest BCUT2D eigenvalue weighted by molar-refractivity contribution is 6.18. The van der Waals surface area contributed by atoms with Gasteiger partial charge in [0.25, 0.3) is 0 Å². The van der Waals surface area contributed by atoms with E-state index in [-0.39, 0.29) is 12.4 Å². The largest absolute Gasteiger partial charge is 0.245 e. The molecule has 0 atom stereocenters. The fraction of sp³-hybridized carbons (Fsp3) is 1.00. The monoisotopic (exact) mass is 173 g/mol. The molecule has 0 unspecified atom stereocenters. The molecular weight excluding hydrogens is 161 g/mol. The normalized spacial score (nSPS) is 9.33. The van der Waals surface area contributed by atoms with Gasteiger partial charge in [-0.05, 0) is 0 Å². The lowest BCUT2D eigenvalue weighted by molar-refractivity contribution is 0.157. The average molecular weight is 174 g/mol. The highest BCUT2D eigenvalue weighted by atomic mass is 35.5. The Kier molecular flexibility index (Phi) is 11.4. The Morgan fingerprint density at radius 3 is 1.89 bits per heavy atom. The van der Waals surface area contributed by atoms with Crippen LogP contribution in [0.3, 0.4) is 0 Å². The molecule has 0 radical (unpaired) electrons. The lowest BCUT2D eigenvalue weighted by Gasteiger charge is -2.16. The standard InChI is InChI=1S/C4H12ClN3.ClH/c1-6-8(7-2)4-3-5;/h6-7H,3-4H2,1-2H3;1H. The van der Waals surface area contributed by atoms with E-state index in [2.05, 4.69) is 10.9 Å². The predicted octanol–water partition coefficient (Wildman–Crippen LogP) is 0.218. The molecule has 0 bridgehead atoms. The number of hydrogen-bond donors (Lipinski definition) is 2. The van der Waals surface area contributed by atoms with Gasteiger partial charge in [0.15, 0.2) is 0 Å². The molecule has 0 heterocycles. The molecule has 5 heteroatoms. The molecule has 0 aliphatic carbocycles. The van der Waals surface area contributed by atoms with E-state index in [1.807, 2.05) is 14.1 Å². The predicted molar refractivity (Wildman–Crippen MR) is 42.8 cm³/mol. The molecule has 9 heavy (non-hydrogen) atoms. The summed E-state index contributed by atoms with van der Waals surface area (Å²) in [4.78, 5) is 0. The van der Waals surface area contributed by atoms with Crippen molar-refractivity contribution in [2.75, 3.05) is 26.5 Å². The molecule has 0 saturated heterocycles. The molecule has 0 amide bonds. The van der Waals surface area contributed by atoms with Gasteiger partial charge in [0.2, 0.25) is 0 Å². The first kappa shape index (κ1) is 12.2. The van der Waals surface area contributed by atoms with Crippen LogP contribution in [0.15, 0.2) is 0 Å². The molecule has 0 aliphatic heterocycles. The number of halogens is 2. The summed E-state index contributed by atoms with van der Waals surface area (Å²) < 4.78 is 0. The van der Waals surface area contributed by atoms with Crippen LogP contribution >= 0.6 is 24.0 Å². The quantitative estimate of drug-likeness (QED) is 0.471. The minimum absolute atomic E-state index is 0. The number of hydrogen-bond acceptors (Lipinski definition) is 3. The van der Waals surface area contributed by atoms with Crippen molar-refractivity contribution in [1.82, 2.24) is 16.0 Å². The first-order valence-corrected chi connectivity index (χ1v) is 3.07. The molecule has 0 aliphatic rings. The smallest absolute Gasteiger partial charge is 0.0423 e. The van der Waals surface area contributed by atoms with Crippen molar-refractivity contribution in [3.8, 4) is 0 Å². The van der Waals surface area contributed by atoms with Gasteiger partial charge in [-0.1, -0.05) is 0 Å². The molecular formula is C4H13Cl2N3. The topological polar surface area (TPSA) is 27.3 Å². The van der Waals surface area contributed by atoms with Gasteiger partial charge < -0.3 is 0 Å². The Morgan fingerprint density at radius 2 is 1.78 bits per heavy atom. The fourth-order valence-corrected chi connectivity index (χ4v) is 0.589. The maximum absolute atomic E-state index is 5.43. The lowest BCUT2D eigenvalue weighted by Crippen LogP contribution is -2.45. The van der Waals surface area contributed by atoms with Crippen LogP contribution in [-0.2, 0) is 0 Å². The first-order chi connectivity index (χ1) is 3.85. The van der Waals surface area contributed by atoms with Gasteiger partial charge in [0.1, 0.15) is 0 Å². The van der Waals surface area contributed by atoms with Crippen molar-refractivity contribution in [1.29, 1.82) is 0 Å². The van der Waals surface area contributed by atoms with E-state index in [9.17, 15) is 0 Å². The number of nitrogens with zero attached hydrogens (tertiary/aromatic N) is 1. The molecule has 0 rings (SSSR count). The summed E-state index contributed by atoms with van der Waals surface area (Å²) in [6.07, 6.45) is 0. The van der Waals surface area contributed by atoms with E-state index in [0.717, 1.165) is 6.54 Å². The molecule has 0 spiro atoms. The second-order valence-electron chi connectivity index (χ2n) is 1.29. The number of alkyl halides is 1. The molecule has 0 saturated carbocycles. The van der Waals surface area contributed by atoms with Gasteiger partial charge in [-0.2, -0.15) is 5.12 Å². The van der Waals surface area contributed by atoms with Crippen LogP contribution < -0.4 is 10.9 Å². The van der Waals surface area contributed by atoms with E-state index in [1.165, 1.54) is 0 Å². The molecule has 0 aromatic heterocycles. The minimum Gasteiger partial charge on any atom is -0.245 e. The molecule has 0 aromatic rings. The van der Waals surface area contributed by atoms with Gasteiger partial charge in [-0.25, -0.2) is 10.9 Å². The van der Waals surface area contributed by atoms with Crippen LogP contribution in [0.2, 0.25) is 0 Å². The maximum Gasteiger partial charge on any atom is 0.0423 e. The van der Waals surface area contributed by atoms with Crippen molar-refractivity contribution in [3.05, 3.63) is 0 Å². The van der Waals surface area contributed by atoms with Crippen molar-refractivity contribution in [2.24, 2.45) is 0 Å². The molecule has 0 aromatic carbocycles. The summed E-state index contributed by atoms with van der Waals surface area (Å²) in [7, 11) is 3.67. The Morgan fingerprint density at radius 1 is 1.33 bits per heavy atom. The molecule has 3 nitrogen and oxygen atoms in total. The number of hydrazine groups is 2. The highest BCUT2D eigenvalue weighted by Gasteiger charge is 1.92. The first-order valence-electron chi connectivity index (χ1n) is 2.53. The van der Waals surface area contributed by atoms with Crippen molar-refractivity contribution in [3.63, 3.8) is 0 Å². The zero-order valence-electron chi connectivity index (χ0n) is 5.65. The Hall–Kier alpha value is 0.460.